The van der Waals surface area contributed by atoms with E-state index in [1.807, 2.05) is 6.92 Å². The molecule has 1 unspecified atom stereocenters. The van der Waals surface area contributed by atoms with Crippen LogP contribution in [-0.2, 0) is 4.79 Å². The Morgan fingerprint density at radius 2 is 2.11 bits per heavy atom. The molecule has 0 saturated heterocycles. The van der Waals surface area contributed by atoms with Gasteiger partial charge in [0.25, 0.3) is 0 Å². The molecular weight excluding hydrogens is 317 g/mol. The van der Waals surface area contributed by atoms with Crippen molar-refractivity contribution < 1.29 is 9.18 Å². The van der Waals surface area contributed by atoms with Gasteiger partial charge in [0.05, 0.1) is 10.9 Å². The molecule has 0 aliphatic heterocycles. The standard InChI is InChI=1S/C13H17BrFNOS/c1-8(2)7-18-9(3)13(17)16-12-5-4-10(14)6-11(12)15/h4-6,8-9H,7H2,1-3H3,(H,16,17). The number of hydrogen-bond acceptors (Lipinski definition) is 2. The highest BCUT2D eigenvalue weighted by molar-refractivity contribution is 9.10. The van der Waals surface area contributed by atoms with E-state index >= 15 is 0 Å². The van der Waals surface area contributed by atoms with Gasteiger partial charge in [0.2, 0.25) is 5.91 Å². The van der Waals surface area contributed by atoms with Gasteiger partial charge in [-0.2, -0.15) is 0 Å². The Morgan fingerprint density at radius 1 is 1.44 bits per heavy atom. The first-order valence-corrected chi connectivity index (χ1v) is 7.62. The molecule has 0 aromatic heterocycles. The maximum absolute atomic E-state index is 13.5. The maximum Gasteiger partial charge on any atom is 0.237 e. The molecule has 1 aromatic rings. The van der Waals surface area contributed by atoms with E-state index in [0.717, 1.165) is 5.75 Å². The Balaban J connectivity index is 2.58. The lowest BCUT2D eigenvalue weighted by Crippen LogP contribution is -2.23. The Labute approximate surface area is 120 Å². The van der Waals surface area contributed by atoms with Gasteiger partial charge >= 0.3 is 0 Å². The summed E-state index contributed by atoms with van der Waals surface area (Å²) in [4.78, 5) is 11.9. The predicted molar refractivity (Wildman–Crippen MR) is 79.5 cm³/mol. The Bertz CT molecular complexity index is 425. The fraction of sp³-hybridized carbons (Fsp3) is 0.462. The van der Waals surface area contributed by atoms with Crippen LogP contribution in [0.1, 0.15) is 20.8 Å². The number of thioether (sulfide) groups is 1. The van der Waals surface area contributed by atoms with E-state index in [1.165, 1.54) is 6.07 Å². The minimum Gasteiger partial charge on any atom is -0.323 e. The quantitative estimate of drug-likeness (QED) is 0.870. The summed E-state index contributed by atoms with van der Waals surface area (Å²) in [5, 5.41) is 2.42. The molecular formula is C13H17BrFNOS. The van der Waals surface area contributed by atoms with Crippen LogP contribution in [0.2, 0.25) is 0 Å². The number of halogens is 2. The minimum atomic E-state index is -0.432. The SMILES string of the molecule is CC(C)CSC(C)C(=O)Nc1ccc(Br)cc1F. The Morgan fingerprint density at radius 3 is 2.67 bits per heavy atom. The second kappa shape index (κ2) is 7.14. The number of carbonyl (C=O) groups excluding carboxylic acids is 1. The average Bonchev–Trinajstić information content (AvgIpc) is 2.29. The van der Waals surface area contributed by atoms with Crippen molar-refractivity contribution in [2.45, 2.75) is 26.0 Å². The number of amides is 1. The summed E-state index contributed by atoms with van der Waals surface area (Å²) >= 11 is 4.75. The summed E-state index contributed by atoms with van der Waals surface area (Å²) in [6.45, 7) is 6.04. The van der Waals surface area contributed by atoms with E-state index in [0.29, 0.717) is 10.4 Å². The van der Waals surface area contributed by atoms with Crippen LogP contribution in [0.4, 0.5) is 10.1 Å². The molecule has 0 aliphatic rings. The number of benzene rings is 1. The Hall–Kier alpha value is -0.550. The van der Waals surface area contributed by atoms with E-state index in [1.54, 1.807) is 23.9 Å². The smallest absolute Gasteiger partial charge is 0.237 e. The summed E-state index contributed by atoms with van der Waals surface area (Å²) in [6.07, 6.45) is 0. The van der Waals surface area contributed by atoms with Crippen LogP contribution in [0.5, 0.6) is 0 Å². The van der Waals surface area contributed by atoms with Crippen LogP contribution in [0.15, 0.2) is 22.7 Å². The van der Waals surface area contributed by atoms with Crippen LogP contribution < -0.4 is 5.32 Å². The number of anilines is 1. The van der Waals surface area contributed by atoms with Gasteiger partial charge in [-0.25, -0.2) is 4.39 Å². The monoisotopic (exact) mass is 333 g/mol. The van der Waals surface area contributed by atoms with Gasteiger partial charge in [-0.15, -0.1) is 11.8 Å². The van der Waals surface area contributed by atoms with Crippen molar-refractivity contribution in [3.63, 3.8) is 0 Å². The molecule has 0 spiro atoms. The van der Waals surface area contributed by atoms with Crippen LogP contribution in [0.3, 0.4) is 0 Å². The minimum absolute atomic E-state index is 0.165. The van der Waals surface area contributed by atoms with E-state index in [-0.39, 0.29) is 16.8 Å². The molecule has 5 heteroatoms. The summed E-state index contributed by atoms with van der Waals surface area (Å²) in [5.41, 5.74) is 0.222. The lowest BCUT2D eigenvalue weighted by Gasteiger charge is -2.13. The second-order valence-corrected chi connectivity index (χ2v) is 6.77. The second-order valence-electron chi connectivity index (χ2n) is 4.48. The molecule has 1 amide bonds. The van der Waals surface area contributed by atoms with Crippen molar-refractivity contribution in [1.82, 2.24) is 0 Å². The van der Waals surface area contributed by atoms with Crippen LogP contribution >= 0.6 is 27.7 Å². The van der Waals surface area contributed by atoms with E-state index in [4.69, 9.17) is 0 Å². The molecule has 0 fully saturated rings. The lowest BCUT2D eigenvalue weighted by atomic mass is 10.3. The molecule has 0 bridgehead atoms. The van der Waals surface area contributed by atoms with Crippen molar-refractivity contribution >= 4 is 39.3 Å². The first kappa shape index (κ1) is 15.5. The van der Waals surface area contributed by atoms with Gasteiger partial charge in [0, 0.05) is 4.47 Å². The van der Waals surface area contributed by atoms with E-state index in [2.05, 4.69) is 35.1 Å². The van der Waals surface area contributed by atoms with Gasteiger partial charge in [0.15, 0.2) is 0 Å². The van der Waals surface area contributed by atoms with Gasteiger partial charge in [-0.3, -0.25) is 4.79 Å². The number of rotatable bonds is 5. The van der Waals surface area contributed by atoms with Crippen molar-refractivity contribution in [2.24, 2.45) is 5.92 Å². The molecule has 0 radical (unpaired) electrons. The van der Waals surface area contributed by atoms with Crippen LogP contribution in [0, 0.1) is 11.7 Å². The molecule has 2 nitrogen and oxygen atoms in total. The number of hydrogen-bond donors (Lipinski definition) is 1. The molecule has 18 heavy (non-hydrogen) atoms. The fourth-order valence-electron chi connectivity index (χ4n) is 1.24. The normalized spacial score (nSPS) is 12.6. The fourth-order valence-corrected chi connectivity index (χ4v) is 2.45. The van der Waals surface area contributed by atoms with E-state index in [9.17, 15) is 9.18 Å². The molecule has 0 saturated carbocycles. The van der Waals surface area contributed by atoms with Crippen molar-refractivity contribution in [3.05, 3.63) is 28.5 Å². The molecule has 1 aromatic carbocycles. The summed E-state index contributed by atoms with van der Waals surface area (Å²) < 4.78 is 14.2. The molecule has 1 rings (SSSR count). The van der Waals surface area contributed by atoms with E-state index < -0.39 is 5.82 Å². The number of nitrogens with one attached hydrogen (secondary N) is 1. The molecule has 1 N–H and O–H groups in total. The summed E-state index contributed by atoms with van der Waals surface area (Å²) in [5.74, 6) is 0.854. The van der Waals surface area contributed by atoms with Crippen LogP contribution in [0.25, 0.3) is 0 Å². The average molecular weight is 334 g/mol. The molecule has 0 aliphatic carbocycles. The summed E-state index contributed by atoms with van der Waals surface area (Å²) in [7, 11) is 0. The van der Waals surface area contributed by atoms with Crippen molar-refractivity contribution in [3.8, 4) is 0 Å². The highest BCUT2D eigenvalue weighted by Crippen LogP contribution is 2.21. The largest absolute Gasteiger partial charge is 0.323 e. The van der Waals surface area contributed by atoms with Gasteiger partial charge in [0.1, 0.15) is 5.82 Å². The topological polar surface area (TPSA) is 29.1 Å². The zero-order valence-electron chi connectivity index (χ0n) is 10.7. The Kier molecular flexibility index (Phi) is 6.15. The van der Waals surface area contributed by atoms with Crippen molar-refractivity contribution in [2.75, 3.05) is 11.1 Å². The maximum atomic E-state index is 13.5. The molecule has 0 heterocycles. The highest BCUT2D eigenvalue weighted by atomic mass is 79.9. The predicted octanol–water partition coefficient (Wildman–Crippen LogP) is 4.30. The van der Waals surface area contributed by atoms with Crippen LogP contribution in [-0.4, -0.2) is 16.9 Å². The zero-order valence-corrected chi connectivity index (χ0v) is 13.1. The molecule has 1 atom stereocenters. The first-order chi connectivity index (χ1) is 8.40. The number of carbonyl (C=O) groups is 1. The summed E-state index contributed by atoms with van der Waals surface area (Å²) in [6, 6.07) is 4.59. The first-order valence-electron chi connectivity index (χ1n) is 5.77. The third-order valence-corrected chi connectivity index (χ3v) is 4.30. The van der Waals surface area contributed by atoms with Gasteiger partial charge < -0.3 is 5.32 Å². The van der Waals surface area contributed by atoms with Gasteiger partial charge in [-0.05, 0) is 36.8 Å². The third kappa shape index (κ3) is 4.98. The molecule has 100 valence electrons. The van der Waals surface area contributed by atoms with Crippen molar-refractivity contribution in [1.29, 1.82) is 0 Å². The lowest BCUT2D eigenvalue weighted by molar-refractivity contribution is -0.115. The third-order valence-electron chi connectivity index (χ3n) is 2.24. The van der Waals surface area contributed by atoms with Gasteiger partial charge in [-0.1, -0.05) is 29.8 Å². The zero-order chi connectivity index (χ0) is 13.7. The highest BCUT2D eigenvalue weighted by Gasteiger charge is 2.15.